The Morgan fingerprint density at radius 2 is 1.64 bits per heavy atom. The highest BCUT2D eigenvalue weighted by Gasteiger charge is 2.25. The number of benzene rings is 2. The number of hydrogen-bond acceptors (Lipinski definition) is 5. The van der Waals surface area contributed by atoms with Crippen LogP contribution in [0.2, 0.25) is 0 Å². The van der Waals surface area contributed by atoms with E-state index in [9.17, 15) is 14.7 Å². The van der Waals surface area contributed by atoms with E-state index in [-0.39, 0.29) is 11.4 Å². The van der Waals surface area contributed by atoms with E-state index in [0.717, 1.165) is 4.48 Å². The maximum absolute atomic E-state index is 12.8. The molecule has 0 aliphatic carbocycles. The number of rotatable bonds is 7. The molecule has 0 spiro atoms. The van der Waals surface area contributed by atoms with E-state index in [4.69, 9.17) is 16.2 Å². The van der Waals surface area contributed by atoms with Crippen molar-refractivity contribution in [3.05, 3.63) is 70.0 Å². The van der Waals surface area contributed by atoms with Gasteiger partial charge in [-0.2, -0.15) is 0 Å². The number of esters is 1. The minimum absolute atomic E-state index is 0.146. The average molecular weight is 447 g/mol. The molecular weight excluding hydrogens is 424 g/mol. The quantitative estimate of drug-likeness (QED) is 0.431. The second-order valence-electron chi connectivity index (χ2n) is 6.94. The van der Waals surface area contributed by atoms with Crippen LogP contribution in [0, 0.1) is 0 Å². The van der Waals surface area contributed by atoms with E-state index in [1.807, 2.05) is 13.8 Å². The van der Waals surface area contributed by atoms with Gasteiger partial charge in [-0.05, 0) is 66.2 Å². The molecule has 6 nitrogen and oxygen atoms in total. The van der Waals surface area contributed by atoms with Crippen LogP contribution >= 0.6 is 15.9 Å². The highest BCUT2D eigenvalue weighted by molar-refractivity contribution is 9.11. The number of carbonyl (C=O) groups excluding carboxylic acids is 1. The van der Waals surface area contributed by atoms with E-state index in [0.29, 0.717) is 29.2 Å². The maximum Gasteiger partial charge on any atom is 0.339 e. The summed E-state index contributed by atoms with van der Waals surface area (Å²) < 4.78 is 6.59. The molecular formula is C21H23BrN2O4. The summed E-state index contributed by atoms with van der Waals surface area (Å²) in [6, 6.07) is 9.81. The molecule has 0 fully saturated rings. The first-order chi connectivity index (χ1) is 13.1. The molecule has 0 aliphatic rings. The minimum atomic E-state index is -1.04. The average Bonchev–Trinajstić information content (AvgIpc) is 2.63. The van der Waals surface area contributed by atoms with E-state index in [1.54, 1.807) is 42.5 Å². The predicted molar refractivity (Wildman–Crippen MR) is 113 cm³/mol. The van der Waals surface area contributed by atoms with Gasteiger partial charge in [0.25, 0.3) is 0 Å². The second-order valence-corrected chi connectivity index (χ2v) is 7.96. The number of allylic oxidation sites excluding steroid dienone is 3. The summed E-state index contributed by atoms with van der Waals surface area (Å²) >= 11 is 3.43. The van der Waals surface area contributed by atoms with Gasteiger partial charge in [-0.15, -0.1) is 0 Å². The Kier molecular flexibility index (Phi) is 6.85. The summed E-state index contributed by atoms with van der Waals surface area (Å²) in [5.74, 6) is -1.33. The Labute approximate surface area is 172 Å². The first-order valence-corrected chi connectivity index (χ1v) is 9.46. The summed E-state index contributed by atoms with van der Waals surface area (Å²) in [4.78, 5) is 24.2. The van der Waals surface area contributed by atoms with Gasteiger partial charge in [0.05, 0.1) is 16.9 Å². The number of carbonyl (C=O) groups is 2. The number of carboxylic acid groups (broad SMARTS) is 1. The Morgan fingerprint density at radius 3 is 2.21 bits per heavy atom. The lowest BCUT2D eigenvalue weighted by Gasteiger charge is -2.25. The SMILES string of the molecule is CC(C)(CC/C(Br)=C\C=C(N)N)OC(=O)c1cccc2c(C(=O)O)cccc12. The molecule has 0 bridgehead atoms. The number of hydrogen-bond donors (Lipinski definition) is 3. The standard InChI is InChI=1S/C21H23BrN2O4/c1-21(2,12-11-13(22)9-10-18(23)24)28-20(27)17-8-4-5-14-15(17)6-3-7-16(14)19(25)26/h3-10H,11-12,23-24H2,1-2H3,(H,25,26)/b13-9+. The van der Waals surface area contributed by atoms with Gasteiger partial charge < -0.3 is 21.3 Å². The van der Waals surface area contributed by atoms with Gasteiger partial charge in [0.1, 0.15) is 5.60 Å². The normalized spacial score (nSPS) is 11.9. The zero-order valence-corrected chi connectivity index (χ0v) is 17.3. The molecule has 0 saturated heterocycles. The summed E-state index contributed by atoms with van der Waals surface area (Å²) in [7, 11) is 0. The topological polar surface area (TPSA) is 116 Å². The second kappa shape index (κ2) is 8.93. The number of ether oxygens (including phenoxy) is 1. The number of nitrogens with two attached hydrogens (primary N) is 2. The van der Waals surface area contributed by atoms with Crippen LogP contribution in [0.5, 0.6) is 0 Å². The summed E-state index contributed by atoms with van der Waals surface area (Å²) in [6.45, 7) is 3.65. The van der Waals surface area contributed by atoms with E-state index < -0.39 is 17.5 Å². The highest BCUT2D eigenvalue weighted by Crippen LogP contribution is 2.27. The van der Waals surface area contributed by atoms with Crippen LogP contribution in [0.3, 0.4) is 0 Å². The van der Waals surface area contributed by atoms with Crippen molar-refractivity contribution < 1.29 is 19.4 Å². The zero-order valence-electron chi connectivity index (χ0n) is 15.7. The lowest BCUT2D eigenvalue weighted by atomic mass is 9.99. The molecule has 0 unspecified atom stereocenters. The van der Waals surface area contributed by atoms with Crippen molar-refractivity contribution in [3.8, 4) is 0 Å². The number of aromatic carboxylic acids is 1. The van der Waals surface area contributed by atoms with Crippen molar-refractivity contribution in [1.82, 2.24) is 0 Å². The fourth-order valence-electron chi connectivity index (χ4n) is 2.72. The predicted octanol–water partition coefficient (Wildman–Crippen LogP) is 4.29. The van der Waals surface area contributed by atoms with Crippen LogP contribution in [-0.4, -0.2) is 22.6 Å². The Hall–Kier alpha value is -2.80. The van der Waals surface area contributed by atoms with Crippen LogP contribution in [0.1, 0.15) is 47.4 Å². The molecule has 0 heterocycles. The Morgan fingerprint density at radius 1 is 1.07 bits per heavy atom. The molecule has 0 atom stereocenters. The first kappa shape index (κ1) is 21.5. The molecule has 0 aromatic heterocycles. The molecule has 0 saturated carbocycles. The molecule has 28 heavy (non-hydrogen) atoms. The lowest BCUT2D eigenvalue weighted by molar-refractivity contribution is -0.00392. The molecule has 2 aromatic carbocycles. The Bertz CT molecular complexity index is 960. The van der Waals surface area contributed by atoms with Crippen molar-refractivity contribution in [2.75, 3.05) is 0 Å². The van der Waals surface area contributed by atoms with Crippen molar-refractivity contribution in [3.63, 3.8) is 0 Å². The summed E-state index contributed by atoms with van der Waals surface area (Å²) in [6.07, 6.45) is 4.53. The van der Waals surface area contributed by atoms with E-state index in [1.165, 1.54) is 6.07 Å². The Balaban J connectivity index is 2.20. The number of carboxylic acids is 1. The lowest BCUT2D eigenvalue weighted by Crippen LogP contribution is -2.28. The van der Waals surface area contributed by atoms with E-state index in [2.05, 4.69) is 15.9 Å². The third kappa shape index (κ3) is 5.60. The number of fused-ring (bicyclic) bond motifs is 1. The largest absolute Gasteiger partial charge is 0.478 e. The van der Waals surface area contributed by atoms with Gasteiger partial charge in [-0.1, -0.05) is 40.2 Å². The molecule has 0 amide bonds. The van der Waals surface area contributed by atoms with Crippen molar-refractivity contribution in [2.45, 2.75) is 32.3 Å². The fraction of sp³-hybridized carbons (Fsp3) is 0.238. The van der Waals surface area contributed by atoms with Crippen molar-refractivity contribution in [1.29, 1.82) is 0 Å². The van der Waals surface area contributed by atoms with E-state index >= 15 is 0 Å². The smallest absolute Gasteiger partial charge is 0.339 e. The summed E-state index contributed by atoms with van der Waals surface area (Å²) in [5, 5.41) is 10.4. The molecule has 5 N–H and O–H groups in total. The first-order valence-electron chi connectivity index (χ1n) is 8.66. The minimum Gasteiger partial charge on any atom is -0.478 e. The zero-order chi connectivity index (χ0) is 20.9. The summed E-state index contributed by atoms with van der Waals surface area (Å²) in [5.41, 5.74) is 10.5. The molecule has 7 heteroatoms. The van der Waals surface area contributed by atoms with Gasteiger partial charge >= 0.3 is 11.9 Å². The van der Waals surface area contributed by atoms with Crippen LogP contribution < -0.4 is 11.5 Å². The molecule has 2 rings (SSSR count). The third-order valence-electron chi connectivity index (χ3n) is 4.16. The van der Waals surface area contributed by atoms with Gasteiger partial charge in [-0.25, -0.2) is 9.59 Å². The maximum atomic E-state index is 12.8. The third-order valence-corrected chi connectivity index (χ3v) is 4.82. The van der Waals surface area contributed by atoms with Crippen LogP contribution in [0.25, 0.3) is 10.8 Å². The van der Waals surface area contributed by atoms with Crippen molar-refractivity contribution >= 4 is 38.6 Å². The van der Waals surface area contributed by atoms with Crippen LogP contribution in [0.4, 0.5) is 0 Å². The van der Waals surface area contributed by atoms with Gasteiger partial charge in [0.15, 0.2) is 0 Å². The molecule has 0 aliphatic heterocycles. The highest BCUT2D eigenvalue weighted by atomic mass is 79.9. The van der Waals surface area contributed by atoms with Gasteiger partial charge in [0.2, 0.25) is 0 Å². The van der Waals surface area contributed by atoms with Gasteiger partial charge in [-0.3, -0.25) is 0 Å². The van der Waals surface area contributed by atoms with Crippen molar-refractivity contribution in [2.24, 2.45) is 11.5 Å². The monoisotopic (exact) mass is 446 g/mol. The number of halogens is 1. The van der Waals surface area contributed by atoms with Gasteiger partial charge in [0, 0.05) is 0 Å². The molecule has 0 radical (unpaired) electrons. The molecule has 148 valence electrons. The van der Waals surface area contributed by atoms with Crippen LogP contribution in [-0.2, 0) is 4.74 Å². The van der Waals surface area contributed by atoms with Crippen LogP contribution in [0.15, 0.2) is 58.9 Å². The fourth-order valence-corrected chi connectivity index (χ4v) is 3.05. The molecule has 2 aromatic rings.